The van der Waals surface area contributed by atoms with Gasteiger partial charge in [-0.2, -0.15) is 11.8 Å². The molecule has 1 aromatic rings. The number of amides is 1. The number of hydrogen-bond acceptors (Lipinski definition) is 3. The van der Waals surface area contributed by atoms with Crippen molar-refractivity contribution in [3.8, 4) is 0 Å². The van der Waals surface area contributed by atoms with Crippen LogP contribution in [0.4, 0.5) is 5.69 Å². The van der Waals surface area contributed by atoms with E-state index in [1.165, 1.54) is 0 Å². The number of nitrogens with two attached hydrogens (primary N) is 1. The molecule has 0 spiro atoms. The lowest BCUT2D eigenvalue weighted by molar-refractivity contribution is -0.120. The number of nitrogen functional groups attached to an aromatic ring is 1. The summed E-state index contributed by atoms with van der Waals surface area (Å²) >= 11 is 1.75. The van der Waals surface area contributed by atoms with E-state index in [-0.39, 0.29) is 5.91 Å². The standard InChI is InChI=1S/C13H18N2OS/c1-2-8-17-9-7-15-13(16)10-11-5-3-4-6-12(11)14/h2-6H,1,7-10,14H2,(H,15,16). The van der Waals surface area contributed by atoms with E-state index in [0.29, 0.717) is 18.7 Å². The zero-order valence-corrected chi connectivity index (χ0v) is 10.6. The molecule has 1 rings (SSSR count). The average Bonchev–Trinajstić information content (AvgIpc) is 2.32. The van der Waals surface area contributed by atoms with Crippen molar-refractivity contribution in [1.82, 2.24) is 5.32 Å². The highest BCUT2D eigenvalue weighted by molar-refractivity contribution is 7.99. The monoisotopic (exact) mass is 250 g/mol. The largest absolute Gasteiger partial charge is 0.398 e. The first-order chi connectivity index (χ1) is 8.24. The maximum absolute atomic E-state index is 11.6. The first-order valence-electron chi connectivity index (χ1n) is 5.52. The van der Waals surface area contributed by atoms with E-state index in [0.717, 1.165) is 17.1 Å². The SMILES string of the molecule is C=CCSCCNC(=O)Cc1ccccc1N. The Labute approximate surface area is 106 Å². The van der Waals surface area contributed by atoms with Gasteiger partial charge in [-0.3, -0.25) is 4.79 Å². The fourth-order valence-corrected chi connectivity index (χ4v) is 1.94. The van der Waals surface area contributed by atoms with Gasteiger partial charge in [-0.25, -0.2) is 0 Å². The molecule has 0 radical (unpaired) electrons. The van der Waals surface area contributed by atoms with Gasteiger partial charge >= 0.3 is 0 Å². The summed E-state index contributed by atoms with van der Waals surface area (Å²) in [7, 11) is 0. The van der Waals surface area contributed by atoms with E-state index >= 15 is 0 Å². The van der Waals surface area contributed by atoms with E-state index in [1.807, 2.05) is 30.3 Å². The molecule has 0 aliphatic carbocycles. The summed E-state index contributed by atoms with van der Waals surface area (Å²) in [6.07, 6.45) is 2.20. The predicted octanol–water partition coefficient (Wildman–Crippen LogP) is 1.85. The van der Waals surface area contributed by atoms with Gasteiger partial charge < -0.3 is 11.1 Å². The highest BCUT2D eigenvalue weighted by atomic mass is 32.2. The van der Waals surface area contributed by atoms with Crippen molar-refractivity contribution in [3.05, 3.63) is 42.5 Å². The first kappa shape index (κ1) is 13.6. The molecule has 0 saturated heterocycles. The molecule has 0 aliphatic heterocycles. The Hall–Kier alpha value is -1.42. The molecule has 0 aromatic heterocycles. The van der Waals surface area contributed by atoms with E-state index in [4.69, 9.17) is 5.73 Å². The minimum absolute atomic E-state index is 0.0158. The number of anilines is 1. The van der Waals surface area contributed by atoms with Gasteiger partial charge in [-0.05, 0) is 11.6 Å². The Morgan fingerprint density at radius 1 is 1.47 bits per heavy atom. The highest BCUT2D eigenvalue weighted by Crippen LogP contribution is 2.10. The van der Waals surface area contributed by atoms with Gasteiger partial charge in [-0.1, -0.05) is 24.3 Å². The van der Waals surface area contributed by atoms with Crippen LogP contribution in [0.25, 0.3) is 0 Å². The molecule has 0 saturated carbocycles. The van der Waals surface area contributed by atoms with Gasteiger partial charge in [0.05, 0.1) is 6.42 Å². The fourth-order valence-electron chi connectivity index (χ4n) is 1.36. The summed E-state index contributed by atoms with van der Waals surface area (Å²) in [5, 5.41) is 2.87. The first-order valence-corrected chi connectivity index (χ1v) is 6.68. The molecule has 0 heterocycles. The predicted molar refractivity (Wildman–Crippen MR) is 75.1 cm³/mol. The number of thioether (sulfide) groups is 1. The molecular weight excluding hydrogens is 232 g/mol. The lowest BCUT2D eigenvalue weighted by atomic mass is 10.1. The maximum Gasteiger partial charge on any atom is 0.224 e. The van der Waals surface area contributed by atoms with Crippen LogP contribution in [0.5, 0.6) is 0 Å². The number of benzene rings is 1. The Morgan fingerprint density at radius 3 is 2.94 bits per heavy atom. The van der Waals surface area contributed by atoms with Gasteiger partial charge in [0.25, 0.3) is 0 Å². The van der Waals surface area contributed by atoms with Crippen LogP contribution >= 0.6 is 11.8 Å². The minimum atomic E-state index is 0.0158. The average molecular weight is 250 g/mol. The smallest absolute Gasteiger partial charge is 0.224 e. The van der Waals surface area contributed by atoms with Crippen molar-refractivity contribution in [1.29, 1.82) is 0 Å². The number of hydrogen-bond donors (Lipinski definition) is 2. The summed E-state index contributed by atoms with van der Waals surface area (Å²) in [4.78, 5) is 11.6. The number of para-hydroxylation sites is 1. The summed E-state index contributed by atoms with van der Waals surface area (Å²) in [5.41, 5.74) is 7.32. The van der Waals surface area contributed by atoms with Crippen LogP contribution < -0.4 is 11.1 Å². The third kappa shape index (κ3) is 5.45. The maximum atomic E-state index is 11.6. The molecular formula is C13H18N2OS. The normalized spacial score (nSPS) is 9.88. The van der Waals surface area contributed by atoms with E-state index in [9.17, 15) is 4.79 Å². The molecule has 3 nitrogen and oxygen atoms in total. The second kappa shape index (κ2) is 7.79. The Bertz CT molecular complexity index is 379. The van der Waals surface area contributed by atoms with Crippen LogP contribution in [-0.4, -0.2) is 24.0 Å². The molecule has 4 heteroatoms. The number of carbonyl (C=O) groups excluding carboxylic acids is 1. The van der Waals surface area contributed by atoms with Crippen molar-refractivity contribution in [3.63, 3.8) is 0 Å². The third-order valence-electron chi connectivity index (χ3n) is 2.21. The summed E-state index contributed by atoms with van der Waals surface area (Å²) in [5.74, 6) is 1.84. The van der Waals surface area contributed by atoms with E-state index in [1.54, 1.807) is 11.8 Å². The van der Waals surface area contributed by atoms with Crippen molar-refractivity contribution in [2.45, 2.75) is 6.42 Å². The van der Waals surface area contributed by atoms with Gasteiger partial charge in [0.1, 0.15) is 0 Å². The van der Waals surface area contributed by atoms with Crippen LogP contribution in [0.1, 0.15) is 5.56 Å². The summed E-state index contributed by atoms with van der Waals surface area (Å²) in [6, 6.07) is 7.44. The van der Waals surface area contributed by atoms with E-state index < -0.39 is 0 Å². The zero-order chi connectivity index (χ0) is 12.5. The summed E-state index contributed by atoms with van der Waals surface area (Å²) < 4.78 is 0. The topological polar surface area (TPSA) is 55.1 Å². The molecule has 92 valence electrons. The van der Waals surface area contributed by atoms with Gasteiger partial charge in [0, 0.05) is 23.7 Å². The molecule has 0 fully saturated rings. The lowest BCUT2D eigenvalue weighted by Crippen LogP contribution is -2.27. The van der Waals surface area contributed by atoms with Crippen LogP contribution in [0, 0.1) is 0 Å². The van der Waals surface area contributed by atoms with Crippen LogP contribution in [0.2, 0.25) is 0 Å². The van der Waals surface area contributed by atoms with Crippen molar-refractivity contribution >= 4 is 23.4 Å². The van der Waals surface area contributed by atoms with Crippen LogP contribution in [0.15, 0.2) is 36.9 Å². The van der Waals surface area contributed by atoms with Crippen LogP contribution in [-0.2, 0) is 11.2 Å². The quantitative estimate of drug-likeness (QED) is 0.441. The van der Waals surface area contributed by atoms with E-state index in [2.05, 4.69) is 11.9 Å². The summed E-state index contributed by atoms with van der Waals surface area (Å²) in [6.45, 7) is 4.32. The minimum Gasteiger partial charge on any atom is -0.398 e. The zero-order valence-electron chi connectivity index (χ0n) is 9.82. The van der Waals surface area contributed by atoms with Crippen LogP contribution in [0.3, 0.4) is 0 Å². The second-order valence-corrected chi connectivity index (χ2v) is 4.74. The van der Waals surface area contributed by atoms with Crippen molar-refractivity contribution in [2.24, 2.45) is 0 Å². The molecule has 0 bridgehead atoms. The second-order valence-electron chi connectivity index (χ2n) is 3.59. The molecule has 1 amide bonds. The lowest BCUT2D eigenvalue weighted by Gasteiger charge is -2.06. The third-order valence-corrected chi connectivity index (χ3v) is 3.17. The number of carbonyl (C=O) groups is 1. The van der Waals surface area contributed by atoms with Crippen molar-refractivity contribution in [2.75, 3.05) is 23.8 Å². The molecule has 1 aromatic carbocycles. The number of rotatable bonds is 7. The Kier molecular flexibility index (Phi) is 6.25. The fraction of sp³-hybridized carbons (Fsp3) is 0.308. The molecule has 0 unspecified atom stereocenters. The molecule has 0 atom stereocenters. The number of nitrogens with one attached hydrogen (secondary N) is 1. The Balaban J connectivity index is 2.25. The molecule has 0 aliphatic rings. The Morgan fingerprint density at radius 2 is 2.24 bits per heavy atom. The van der Waals surface area contributed by atoms with Gasteiger partial charge in [0.15, 0.2) is 0 Å². The van der Waals surface area contributed by atoms with Crippen molar-refractivity contribution < 1.29 is 4.79 Å². The molecule has 17 heavy (non-hydrogen) atoms. The van der Waals surface area contributed by atoms with Gasteiger partial charge in [0.2, 0.25) is 5.91 Å². The highest BCUT2D eigenvalue weighted by Gasteiger charge is 2.04. The van der Waals surface area contributed by atoms with Gasteiger partial charge in [-0.15, -0.1) is 6.58 Å². The molecule has 3 N–H and O–H groups in total.